The first-order valence-electron chi connectivity index (χ1n) is 7.29. The Bertz CT molecular complexity index is 683. The van der Waals surface area contributed by atoms with Crippen LogP contribution in [0.1, 0.15) is 23.5 Å². The average molecular weight is 372 g/mol. The summed E-state index contributed by atoms with van der Waals surface area (Å²) < 4.78 is 0. The maximum Gasteiger partial charge on any atom is 0.226 e. The Hall–Kier alpha value is -1.14. The van der Waals surface area contributed by atoms with E-state index in [1.165, 1.54) is 0 Å². The molecule has 7 heteroatoms. The first-order chi connectivity index (χ1) is 10.5. The van der Waals surface area contributed by atoms with E-state index in [4.69, 9.17) is 11.6 Å². The summed E-state index contributed by atoms with van der Waals surface area (Å²) in [7, 11) is 0. The van der Waals surface area contributed by atoms with Gasteiger partial charge in [0.05, 0.1) is 22.5 Å². The number of halogens is 2. The highest BCUT2D eigenvalue weighted by Gasteiger charge is 2.27. The minimum Gasteiger partial charge on any atom is -0.348 e. The van der Waals surface area contributed by atoms with Gasteiger partial charge in [0.1, 0.15) is 5.01 Å². The number of nitrogens with zero attached hydrogens (tertiary/aromatic N) is 1. The summed E-state index contributed by atoms with van der Waals surface area (Å²) in [5.41, 5.74) is 2.01. The molecule has 1 atom stereocenters. The Morgan fingerprint density at radius 3 is 2.61 bits per heavy atom. The average Bonchev–Trinajstić information content (AvgIpc) is 2.79. The molecule has 23 heavy (non-hydrogen) atoms. The van der Waals surface area contributed by atoms with Gasteiger partial charge in [-0.05, 0) is 26.0 Å². The van der Waals surface area contributed by atoms with Gasteiger partial charge in [0.2, 0.25) is 5.91 Å². The number of aryl methyl sites for hydroxylation is 1. The quantitative estimate of drug-likeness (QED) is 0.863. The molecule has 1 unspecified atom stereocenters. The zero-order valence-electron chi connectivity index (χ0n) is 12.9. The standard InChI is InChI=1S/C16H18ClN3OS.ClH/c1-9(19-15(21)12-7-18-8-12)14-10(2)20-16(22-14)11-3-5-13(17)6-4-11;/h3-6,9,12,18H,7-8H2,1-2H3,(H,19,21);1H. The first kappa shape index (κ1) is 18.2. The third-order valence-corrected chi connectivity index (χ3v) is 5.47. The molecule has 2 aromatic rings. The third kappa shape index (κ3) is 4.04. The fraction of sp³-hybridized carbons (Fsp3) is 0.375. The number of hydrogen-bond donors (Lipinski definition) is 2. The number of nitrogens with one attached hydrogen (secondary N) is 2. The molecule has 3 rings (SSSR count). The highest BCUT2D eigenvalue weighted by molar-refractivity contribution is 7.15. The Morgan fingerprint density at radius 2 is 2.04 bits per heavy atom. The molecule has 1 aliphatic rings. The van der Waals surface area contributed by atoms with Crippen LogP contribution in [0.25, 0.3) is 10.6 Å². The number of hydrogen-bond acceptors (Lipinski definition) is 4. The van der Waals surface area contributed by atoms with Crippen molar-refractivity contribution in [1.82, 2.24) is 15.6 Å². The molecule has 1 saturated heterocycles. The van der Waals surface area contributed by atoms with Gasteiger partial charge in [0.15, 0.2) is 0 Å². The van der Waals surface area contributed by atoms with E-state index in [0.717, 1.165) is 34.2 Å². The largest absolute Gasteiger partial charge is 0.348 e. The van der Waals surface area contributed by atoms with Crippen molar-refractivity contribution in [2.24, 2.45) is 5.92 Å². The number of benzene rings is 1. The number of carbonyl (C=O) groups excluding carboxylic acids is 1. The predicted octanol–water partition coefficient (Wildman–Crippen LogP) is 3.59. The highest BCUT2D eigenvalue weighted by Crippen LogP contribution is 2.32. The molecular formula is C16H19Cl2N3OS. The number of aromatic nitrogens is 1. The van der Waals surface area contributed by atoms with Crippen LogP contribution in [0.3, 0.4) is 0 Å². The Balaban J connectivity index is 0.00000192. The maximum atomic E-state index is 12.1. The fourth-order valence-electron chi connectivity index (χ4n) is 2.40. The van der Waals surface area contributed by atoms with Crippen molar-refractivity contribution in [3.63, 3.8) is 0 Å². The molecule has 1 amide bonds. The van der Waals surface area contributed by atoms with Crippen molar-refractivity contribution in [2.75, 3.05) is 13.1 Å². The molecule has 2 N–H and O–H groups in total. The molecule has 0 radical (unpaired) electrons. The molecule has 1 aliphatic heterocycles. The Labute approximate surface area is 151 Å². The summed E-state index contributed by atoms with van der Waals surface area (Å²) in [6.07, 6.45) is 0. The zero-order valence-corrected chi connectivity index (χ0v) is 15.3. The van der Waals surface area contributed by atoms with Crippen molar-refractivity contribution in [3.8, 4) is 10.6 Å². The van der Waals surface area contributed by atoms with E-state index in [1.807, 2.05) is 38.1 Å². The second kappa shape index (κ2) is 7.62. The molecule has 0 aliphatic carbocycles. The summed E-state index contributed by atoms with van der Waals surface area (Å²) in [4.78, 5) is 17.8. The lowest BCUT2D eigenvalue weighted by Crippen LogP contribution is -2.51. The second-order valence-corrected chi connectivity index (χ2v) is 7.03. The highest BCUT2D eigenvalue weighted by atomic mass is 35.5. The van der Waals surface area contributed by atoms with Crippen LogP contribution in [-0.2, 0) is 4.79 Å². The van der Waals surface area contributed by atoms with Crippen LogP contribution < -0.4 is 10.6 Å². The topological polar surface area (TPSA) is 54.0 Å². The molecule has 0 bridgehead atoms. The minimum atomic E-state index is -0.0216. The number of amides is 1. The SMILES string of the molecule is Cc1nc(-c2ccc(Cl)cc2)sc1C(C)NC(=O)C1CNC1.Cl. The van der Waals surface area contributed by atoms with Crippen molar-refractivity contribution < 1.29 is 4.79 Å². The molecule has 124 valence electrons. The van der Waals surface area contributed by atoms with E-state index in [-0.39, 0.29) is 30.3 Å². The lowest BCUT2D eigenvalue weighted by Gasteiger charge is -2.27. The summed E-state index contributed by atoms with van der Waals surface area (Å²) >= 11 is 7.54. The first-order valence-corrected chi connectivity index (χ1v) is 8.48. The van der Waals surface area contributed by atoms with Gasteiger partial charge in [-0.2, -0.15) is 0 Å². The second-order valence-electron chi connectivity index (χ2n) is 5.56. The van der Waals surface area contributed by atoms with Crippen LogP contribution in [0.5, 0.6) is 0 Å². The normalized spacial score (nSPS) is 15.4. The lowest BCUT2D eigenvalue weighted by molar-refractivity contribution is -0.127. The molecule has 1 fully saturated rings. The van der Waals surface area contributed by atoms with Gasteiger partial charge in [0, 0.05) is 23.7 Å². The number of rotatable bonds is 4. The van der Waals surface area contributed by atoms with E-state index >= 15 is 0 Å². The molecule has 0 spiro atoms. The van der Waals surface area contributed by atoms with Crippen molar-refractivity contribution >= 4 is 41.3 Å². The Kier molecular flexibility index (Phi) is 6.03. The maximum absolute atomic E-state index is 12.1. The van der Waals surface area contributed by atoms with E-state index in [1.54, 1.807) is 11.3 Å². The van der Waals surface area contributed by atoms with Crippen LogP contribution in [0, 0.1) is 12.8 Å². The molecule has 4 nitrogen and oxygen atoms in total. The van der Waals surface area contributed by atoms with Gasteiger partial charge in [-0.15, -0.1) is 23.7 Å². The molecular weight excluding hydrogens is 353 g/mol. The molecule has 1 aromatic carbocycles. The molecule has 1 aromatic heterocycles. The van der Waals surface area contributed by atoms with Gasteiger partial charge < -0.3 is 10.6 Å². The summed E-state index contributed by atoms with van der Waals surface area (Å²) in [5.74, 6) is 0.221. The summed E-state index contributed by atoms with van der Waals surface area (Å²) in [6.45, 7) is 5.54. The third-order valence-electron chi connectivity index (χ3n) is 3.83. The van der Waals surface area contributed by atoms with Crippen LogP contribution in [0.4, 0.5) is 0 Å². The minimum absolute atomic E-state index is 0. The summed E-state index contributed by atoms with van der Waals surface area (Å²) in [6, 6.07) is 7.64. The number of carbonyl (C=O) groups is 1. The van der Waals surface area contributed by atoms with Crippen LogP contribution >= 0.6 is 35.3 Å². The van der Waals surface area contributed by atoms with Crippen LogP contribution in [-0.4, -0.2) is 24.0 Å². The van der Waals surface area contributed by atoms with Gasteiger partial charge in [-0.1, -0.05) is 23.7 Å². The predicted molar refractivity (Wildman–Crippen MR) is 97.5 cm³/mol. The van der Waals surface area contributed by atoms with E-state index in [0.29, 0.717) is 5.02 Å². The van der Waals surface area contributed by atoms with Crippen LogP contribution in [0.2, 0.25) is 5.02 Å². The van der Waals surface area contributed by atoms with Crippen molar-refractivity contribution in [2.45, 2.75) is 19.9 Å². The van der Waals surface area contributed by atoms with E-state index < -0.39 is 0 Å². The van der Waals surface area contributed by atoms with Crippen molar-refractivity contribution in [1.29, 1.82) is 0 Å². The van der Waals surface area contributed by atoms with Crippen molar-refractivity contribution in [3.05, 3.63) is 39.9 Å². The monoisotopic (exact) mass is 371 g/mol. The van der Waals surface area contributed by atoms with Crippen LogP contribution in [0.15, 0.2) is 24.3 Å². The zero-order chi connectivity index (χ0) is 15.7. The van der Waals surface area contributed by atoms with Gasteiger partial charge in [-0.3, -0.25) is 4.79 Å². The summed E-state index contributed by atoms with van der Waals surface area (Å²) in [5, 5.41) is 7.87. The van der Waals surface area contributed by atoms with E-state index in [2.05, 4.69) is 15.6 Å². The van der Waals surface area contributed by atoms with E-state index in [9.17, 15) is 4.79 Å². The smallest absolute Gasteiger partial charge is 0.226 e. The number of thiazole rings is 1. The fourth-order valence-corrected chi connectivity index (χ4v) is 3.60. The molecule has 0 saturated carbocycles. The van der Waals surface area contributed by atoms with Gasteiger partial charge >= 0.3 is 0 Å². The van der Waals surface area contributed by atoms with Gasteiger partial charge in [0.25, 0.3) is 0 Å². The van der Waals surface area contributed by atoms with Gasteiger partial charge in [-0.25, -0.2) is 4.98 Å². The molecule has 2 heterocycles. The Morgan fingerprint density at radius 1 is 1.39 bits per heavy atom. The lowest BCUT2D eigenvalue weighted by atomic mass is 10.0.